The average Bonchev–Trinajstić information content (AvgIpc) is 2.67. The molecule has 0 saturated carbocycles. The van der Waals surface area contributed by atoms with Crippen molar-refractivity contribution in [1.82, 2.24) is 9.62 Å². The SMILES string of the molecule is CS(=O)(=O)N[C@@H](c1ccc(CN2CCC(c3ccc(F)cc3)CC2)cc1)C(F)(F)F.Cl. The molecule has 2 aromatic rings. The van der Waals surface area contributed by atoms with Gasteiger partial charge in [0.25, 0.3) is 0 Å². The minimum Gasteiger partial charge on any atom is -0.299 e. The van der Waals surface area contributed by atoms with E-state index in [2.05, 4.69) is 4.90 Å². The Morgan fingerprint density at radius 1 is 1.03 bits per heavy atom. The van der Waals surface area contributed by atoms with Crippen molar-refractivity contribution in [1.29, 1.82) is 0 Å². The summed E-state index contributed by atoms with van der Waals surface area (Å²) >= 11 is 0. The summed E-state index contributed by atoms with van der Waals surface area (Å²) in [7, 11) is -4.02. The van der Waals surface area contributed by atoms with Crippen molar-refractivity contribution in [2.75, 3.05) is 19.3 Å². The quantitative estimate of drug-likeness (QED) is 0.605. The molecule has 1 atom stereocenters. The van der Waals surface area contributed by atoms with E-state index in [-0.39, 0.29) is 23.8 Å². The summed E-state index contributed by atoms with van der Waals surface area (Å²) < 4.78 is 77.1. The number of nitrogens with zero attached hydrogens (tertiary/aromatic N) is 1. The molecule has 0 bridgehead atoms. The molecule has 1 fully saturated rings. The van der Waals surface area contributed by atoms with Crippen molar-refractivity contribution in [2.45, 2.75) is 37.5 Å². The van der Waals surface area contributed by atoms with Crippen LogP contribution in [0.5, 0.6) is 0 Å². The lowest BCUT2D eigenvalue weighted by atomic mass is 9.89. The molecule has 0 amide bonds. The Morgan fingerprint density at radius 3 is 2.06 bits per heavy atom. The van der Waals surface area contributed by atoms with Gasteiger partial charge in [0.05, 0.1) is 6.26 Å². The highest BCUT2D eigenvalue weighted by Crippen LogP contribution is 2.34. The minimum atomic E-state index is -4.73. The summed E-state index contributed by atoms with van der Waals surface area (Å²) in [5.74, 6) is 0.123. The highest BCUT2D eigenvalue weighted by atomic mass is 35.5. The van der Waals surface area contributed by atoms with Gasteiger partial charge in [-0.2, -0.15) is 17.9 Å². The highest BCUT2D eigenvalue weighted by Gasteiger charge is 2.42. The summed E-state index contributed by atoms with van der Waals surface area (Å²) in [5.41, 5.74) is 1.84. The lowest BCUT2D eigenvalue weighted by Crippen LogP contribution is -2.37. The normalized spacial score (nSPS) is 17.2. The minimum absolute atomic E-state index is 0. The maximum atomic E-state index is 13.3. The first-order chi connectivity index (χ1) is 14.0. The van der Waals surface area contributed by atoms with Crippen molar-refractivity contribution in [3.8, 4) is 0 Å². The molecule has 2 aromatic carbocycles. The molecule has 0 unspecified atom stereocenters. The van der Waals surface area contributed by atoms with E-state index < -0.39 is 22.2 Å². The van der Waals surface area contributed by atoms with Crippen LogP contribution >= 0.6 is 12.4 Å². The second-order valence-corrected chi connectivity index (χ2v) is 9.49. The zero-order chi connectivity index (χ0) is 21.9. The Balaban J connectivity index is 0.00000341. The van der Waals surface area contributed by atoms with Crippen LogP contribution in [0.1, 0.15) is 41.5 Å². The Labute approximate surface area is 186 Å². The van der Waals surface area contributed by atoms with Crippen molar-refractivity contribution < 1.29 is 26.0 Å². The number of benzene rings is 2. The van der Waals surface area contributed by atoms with E-state index >= 15 is 0 Å². The van der Waals surface area contributed by atoms with Gasteiger partial charge in [-0.15, -0.1) is 12.4 Å². The van der Waals surface area contributed by atoms with Crippen LogP contribution in [0.25, 0.3) is 0 Å². The third-order valence-electron chi connectivity index (χ3n) is 5.31. The van der Waals surface area contributed by atoms with E-state index in [1.165, 1.54) is 24.3 Å². The van der Waals surface area contributed by atoms with Gasteiger partial charge >= 0.3 is 6.18 Å². The predicted octanol–water partition coefficient (Wildman–Crippen LogP) is 4.78. The summed E-state index contributed by atoms with van der Waals surface area (Å²) in [6.07, 6.45) is -2.17. The predicted molar refractivity (Wildman–Crippen MR) is 114 cm³/mol. The number of hydrogen-bond acceptors (Lipinski definition) is 3. The first-order valence-electron chi connectivity index (χ1n) is 9.62. The van der Waals surface area contributed by atoms with Crippen LogP contribution in [-0.2, 0) is 16.6 Å². The van der Waals surface area contributed by atoms with Gasteiger partial charge in [-0.3, -0.25) is 4.90 Å². The van der Waals surface area contributed by atoms with Gasteiger partial charge in [-0.1, -0.05) is 36.4 Å². The van der Waals surface area contributed by atoms with Gasteiger partial charge in [0.1, 0.15) is 11.9 Å². The largest absolute Gasteiger partial charge is 0.408 e. The fraction of sp³-hybridized carbons (Fsp3) is 0.429. The molecule has 10 heteroatoms. The molecule has 1 aliphatic rings. The molecular weight excluding hydrogens is 456 g/mol. The van der Waals surface area contributed by atoms with Crippen LogP contribution in [0.3, 0.4) is 0 Å². The van der Waals surface area contributed by atoms with Crippen LogP contribution in [0.15, 0.2) is 48.5 Å². The molecule has 1 N–H and O–H groups in total. The molecule has 0 aromatic heterocycles. The van der Waals surface area contributed by atoms with Gasteiger partial charge in [-0.05, 0) is 60.7 Å². The number of nitrogens with one attached hydrogen (secondary N) is 1. The van der Waals surface area contributed by atoms with Crippen LogP contribution in [0, 0.1) is 5.82 Å². The molecule has 0 radical (unpaired) electrons. The smallest absolute Gasteiger partial charge is 0.299 e. The third-order valence-corrected chi connectivity index (χ3v) is 5.97. The zero-order valence-electron chi connectivity index (χ0n) is 16.9. The fourth-order valence-electron chi connectivity index (χ4n) is 3.77. The van der Waals surface area contributed by atoms with E-state index in [1.807, 2.05) is 12.1 Å². The van der Waals surface area contributed by atoms with Crippen LogP contribution in [0.4, 0.5) is 17.6 Å². The van der Waals surface area contributed by atoms with Crippen molar-refractivity contribution >= 4 is 22.4 Å². The fourth-order valence-corrected chi connectivity index (χ4v) is 4.47. The molecular formula is C21H25ClF4N2O2S. The van der Waals surface area contributed by atoms with Gasteiger partial charge in [0.2, 0.25) is 10.0 Å². The van der Waals surface area contributed by atoms with E-state index in [0.717, 1.165) is 37.1 Å². The van der Waals surface area contributed by atoms with E-state index in [1.54, 1.807) is 16.9 Å². The van der Waals surface area contributed by atoms with E-state index in [4.69, 9.17) is 0 Å². The first kappa shape index (κ1) is 25.6. The maximum absolute atomic E-state index is 13.3. The molecule has 3 rings (SSSR count). The second-order valence-electron chi connectivity index (χ2n) is 7.71. The number of hydrogen-bond donors (Lipinski definition) is 1. The van der Waals surface area contributed by atoms with Crippen molar-refractivity contribution in [3.05, 3.63) is 71.0 Å². The number of rotatable bonds is 6. The summed E-state index contributed by atoms with van der Waals surface area (Å²) in [5, 5.41) is 0. The molecule has 1 saturated heterocycles. The number of alkyl halides is 3. The Bertz CT molecular complexity index is 943. The molecule has 31 heavy (non-hydrogen) atoms. The topological polar surface area (TPSA) is 49.4 Å². The van der Waals surface area contributed by atoms with Crippen LogP contribution in [-0.4, -0.2) is 38.8 Å². The number of likely N-dealkylation sites (tertiary alicyclic amines) is 1. The number of halogens is 5. The zero-order valence-corrected chi connectivity index (χ0v) is 18.5. The lowest BCUT2D eigenvalue weighted by molar-refractivity contribution is -0.153. The average molecular weight is 481 g/mol. The van der Waals surface area contributed by atoms with Crippen molar-refractivity contribution in [2.24, 2.45) is 0 Å². The Hall–Kier alpha value is -1.68. The lowest BCUT2D eigenvalue weighted by Gasteiger charge is -2.32. The van der Waals surface area contributed by atoms with Crippen LogP contribution in [0.2, 0.25) is 0 Å². The van der Waals surface area contributed by atoms with Crippen molar-refractivity contribution in [3.63, 3.8) is 0 Å². The second kappa shape index (κ2) is 10.3. The van der Waals surface area contributed by atoms with Gasteiger partial charge < -0.3 is 0 Å². The van der Waals surface area contributed by atoms with Crippen LogP contribution < -0.4 is 4.72 Å². The molecule has 172 valence electrons. The third kappa shape index (κ3) is 7.45. The summed E-state index contributed by atoms with van der Waals surface area (Å²) in [6.45, 7) is 2.28. The molecule has 0 aliphatic carbocycles. The summed E-state index contributed by atoms with van der Waals surface area (Å²) in [6, 6.07) is 10.1. The standard InChI is InChI=1S/C21H24F4N2O2S.ClH/c1-30(28,29)26-20(21(23,24)25)18-4-2-15(3-5-18)14-27-12-10-17(11-13-27)16-6-8-19(22)9-7-16;/h2-9,17,20,26H,10-14H2,1H3;1H/t20-;/m0./s1. The van der Waals surface area contributed by atoms with E-state index in [9.17, 15) is 26.0 Å². The molecule has 0 spiro atoms. The number of piperidine rings is 1. The monoisotopic (exact) mass is 480 g/mol. The van der Waals surface area contributed by atoms with Gasteiger partial charge in [0.15, 0.2) is 0 Å². The first-order valence-corrected chi connectivity index (χ1v) is 11.5. The Morgan fingerprint density at radius 2 is 1.58 bits per heavy atom. The van der Waals surface area contributed by atoms with E-state index in [0.29, 0.717) is 18.7 Å². The molecule has 1 aliphatic heterocycles. The Kier molecular flexibility index (Phi) is 8.49. The van der Waals surface area contributed by atoms with Gasteiger partial charge in [0, 0.05) is 6.54 Å². The molecule has 1 heterocycles. The molecule has 4 nitrogen and oxygen atoms in total. The maximum Gasteiger partial charge on any atom is 0.408 e. The highest BCUT2D eigenvalue weighted by molar-refractivity contribution is 7.88. The van der Waals surface area contributed by atoms with Gasteiger partial charge in [-0.25, -0.2) is 12.8 Å². The summed E-state index contributed by atoms with van der Waals surface area (Å²) in [4.78, 5) is 2.23. The number of sulfonamides is 1.